The number of likely N-dealkylation sites (N-methyl/N-ethyl adjacent to an activating group) is 1. The molecule has 6 heteroatoms. The number of carbonyl (C=O) groups excluding carboxylic acids is 1. The molecule has 29 heavy (non-hydrogen) atoms. The molecule has 2 heterocycles. The second-order valence-corrected chi connectivity index (χ2v) is 9.09. The number of aromatic nitrogens is 1. The zero-order valence-corrected chi connectivity index (χ0v) is 19.1. The molecule has 0 N–H and O–H groups in total. The number of hydrogen-bond donors (Lipinski definition) is 0. The monoisotopic (exact) mass is 411 g/mol. The van der Waals surface area contributed by atoms with Gasteiger partial charge in [0.25, 0.3) is 5.91 Å². The van der Waals surface area contributed by atoms with Gasteiger partial charge in [-0.2, -0.15) is 0 Å². The van der Waals surface area contributed by atoms with Gasteiger partial charge in [0, 0.05) is 23.5 Å². The Bertz CT molecular complexity index is 979. The van der Waals surface area contributed by atoms with E-state index in [9.17, 15) is 4.79 Å². The summed E-state index contributed by atoms with van der Waals surface area (Å²) in [5.41, 5.74) is 4.23. The summed E-state index contributed by atoms with van der Waals surface area (Å²) in [5.74, 6) is 0.788. The third kappa shape index (κ3) is 4.27. The Kier molecular flexibility index (Phi) is 5.94. The minimum Gasteiger partial charge on any atom is -0.497 e. The largest absolute Gasteiger partial charge is 0.497 e. The highest BCUT2D eigenvalue weighted by Crippen LogP contribution is 2.35. The van der Waals surface area contributed by atoms with E-state index in [1.807, 2.05) is 37.3 Å². The average molecular weight is 412 g/mol. The van der Waals surface area contributed by atoms with Crippen LogP contribution in [0.4, 0.5) is 5.69 Å². The number of aliphatic imine (C=N–C) groups is 1. The van der Waals surface area contributed by atoms with Gasteiger partial charge in [0.2, 0.25) is 0 Å². The molecule has 0 spiro atoms. The average Bonchev–Trinajstić information content (AvgIpc) is 3.11. The minimum atomic E-state index is -0.00576. The second kappa shape index (κ2) is 8.11. The Morgan fingerprint density at radius 3 is 2.34 bits per heavy atom. The molecule has 1 fully saturated rings. The Balaban J connectivity index is 1.96. The van der Waals surface area contributed by atoms with Crippen molar-refractivity contribution in [3.8, 4) is 5.75 Å². The first kappa shape index (κ1) is 21.2. The highest BCUT2D eigenvalue weighted by Gasteiger charge is 2.32. The van der Waals surface area contributed by atoms with Gasteiger partial charge in [0.05, 0.1) is 17.7 Å². The van der Waals surface area contributed by atoms with Crippen LogP contribution in [-0.4, -0.2) is 34.2 Å². The van der Waals surface area contributed by atoms with Crippen molar-refractivity contribution < 1.29 is 9.53 Å². The van der Waals surface area contributed by atoms with Crippen LogP contribution in [0.15, 0.2) is 40.2 Å². The van der Waals surface area contributed by atoms with Crippen molar-refractivity contribution in [2.45, 2.75) is 47.1 Å². The lowest BCUT2D eigenvalue weighted by Gasteiger charge is -2.25. The number of benzene rings is 1. The smallest absolute Gasteiger partial charge is 0.266 e. The third-order valence-electron chi connectivity index (χ3n) is 4.93. The number of amides is 1. The Morgan fingerprint density at radius 1 is 1.17 bits per heavy atom. The minimum absolute atomic E-state index is 0.00493. The molecule has 0 bridgehead atoms. The fraction of sp³-hybridized carbons (Fsp3) is 0.391. The quantitative estimate of drug-likeness (QED) is 0.625. The van der Waals surface area contributed by atoms with E-state index in [0.29, 0.717) is 16.6 Å². The lowest BCUT2D eigenvalue weighted by molar-refractivity contribution is -0.122. The number of hydrogen-bond acceptors (Lipinski definition) is 4. The molecular weight excluding hydrogens is 382 g/mol. The molecule has 154 valence electrons. The van der Waals surface area contributed by atoms with E-state index in [2.05, 4.69) is 45.3 Å². The van der Waals surface area contributed by atoms with Crippen molar-refractivity contribution >= 4 is 34.6 Å². The number of nitrogens with zero attached hydrogens (tertiary/aromatic N) is 3. The van der Waals surface area contributed by atoms with Gasteiger partial charge in [0.1, 0.15) is 5.75 Å². The van der Waals surface area contributed by atoms with E-state index >= 15 is 0 Å². The van der Waals surface area contributed by atoms with Gasteiger partial charge in [-0.1, -0.05) is 0 Å². The molecular formula is C23H29N3O2S. The number of ether oxygens (including phenoxy) is 1. The molecule has 0 saturated carbocycles. The first-order chi connectivity index (χ1) is 13.7. The van der Waals surface area contributed by atoms with E-state index in [0.717, 1.165) is 17.0 Å². The van der Waals surface area contributed by atoms with Gasteiger partial charge in [0.15, 0.2) is 5.17 Å². The number of carbonyl (C=O) groups is 1. The molecule has 1 aromatic carbocycles. The first-order valence-corrected chi connectivity index (χ1v) is 10.6. The molecule has 1 aliphatic rings. The van der Waals surface area contributed by atoms with E-state index in [-0.39, 0.29) is 11.4 Å². The highest BCUT2D eigenvalue weighted by molar-refractivity contribution is 8.18. The summed E-state index contributed by atoms with van der Waals surface area (Å²) in [6.07, 6.45) is 2.00. The zero-order valence-electron chi connectivity index (χ0n) is 18.2. The van der Waals surface area contributed by atoms with Gasteiger partial charge < -0.3 is 9.30 Å². The summed E-state index contributed by atoms with van der Waals surface area (Å²) in [6.45, 7) is 13.3. The van der Waals surface area contributed by atoms with Gasteiger partial charge in [-0.25, -0.2) is 4.99 Å². The summed E-state index contributed by atoms with van der Waals surface area (Å²) in [5, 5.41) is 0.707. The molecule has 0 radical (unpaired) electrons. The van der Waals surface area contributed by atoms with Crippen molar-refractivity contribution in [2.24, 2.45) is 4.99 Å². The van der Waals surface area contributed by atoms with Crippen LogP contribution in [-0.2, 0) is 10.3 Å². The summed E-state index contributed by atoms with van der Waals surface area (Å²) in [4.78, 5) is 20.1. The van der Waals surface area contributed by atoms with Crippen LogP contribution in [0.5, 0.6) is 5.75 Å². The van der Waals surface area contributed by atoms with Gasteiger partial charge in [-0.3, -0.25) is 9.69 Å². The molecule has 2 aromatic rings. The SMILES string of the molecule is CCN1C(=O)/C(=C\c2cc(C)n(C(C)(C)C)c2C)SC1=Nc1ccc(OC)cc1. The highest BCUT2D eigenvalue weighted by atomic mass is 32.2. The van der Waals surface area contributed by atoms with Gasteiger partial charge in [-0.15, -0.1) is 0 Å². The van der Waals surface area contributed by atoms with Crippen molar-refractivity contribution in [3.05, 3.63) is 52.2 Å². The van der Waals surface area contributed by atoms with Crippen LogP contribution in [0.1, 0.15) is 44.6 Å². The number of rotatable bonds is 4. The third-order valence-corrected chi connectivity index (χ3v) is 5.94. The second-order valence-electron chi connectivity index (χ2n) is 8.09. The number of amidine groups is 1. The Labute approximate surface area is 177 Å². The van der Waals surface area contributed by atoms with Crippen LogP contribution in [0.25, 0.3) is 6.08 Å². The first-order valence-electron chi connectivity index (χ1n) is 9.79. The Hall–Kier alpha value is -2.47. The van der Waals surface area contributed by atoms with Crippen LogP contribution in [0.2, 0.25) is 0 Å². The molecule has 0 aliphatic carbocycles. The van der Waals surface area contributed by atoms with Crippen LogP contribution in [0, 0.1) is 13.8 Å². The number of thioether (sulfide) groups is 1. The van der Waals surface area contributed by atoms with Crippen molar-refractivity contribution in [1.29, 1.82) is 0 Å². The maximum atomic E-state index is 13.0. The lowest BCUT2D eigenvalue weighted by atomic mass is 10.1. The van der Waals surface area contributed by atoms with Crippen molar-refractivity contribution in [2.75, 3.05) is 13.7 Å². The van der Waals surface area contributed by atoms with Gasteiger partial charge >= 0.3 is 0 Å². The molecule has 1 aliphatic heterocycles. The molecule has 0 atom stereocenters. The predicted octanol–water partition coefficient (Wildman–Crippen LogP) is 5.49. The van der Waals surface area contributed by atoms with Crippen LogP contribution in [0.3, 0.4) is 0 Å². The molecule has 1 saturated heterocycles. The van der Waals surface area contributed by atoms with Gasteiger partial charge in [-0.05, 0) is 95.3 Å². The molecule has 3 rings (SSSR count). The summed E-state index contributed by atoms with van der Waals surface area (Å²) < 4.78 is 7.51. The number of aryl methyl sites for hydroxylation is 1. The predicted molar refractivity (Wildman–Crippen MR) is 122 cm³/mol. The summed E-state index contributed by atoms with van der Waals surface area (Å²) >= 11 is 1.43. The van der Waals surface area contributed by atoms with E-state index in [1.54, 1.807) is 12.0 Å². The summed E-state index contributed by atoms with van der Waals surface area (Å²) in [7, 11) is 1.64. The van der Waals surface area contributed by atoms with E-state index in [4.69, 9.17) is 9.73 Å². The maximum absolute atomic E-state index is 13.0. The fourth-order valence-corrected chi connectivity index (χ4v) is 4.80. The molecule has 1 amide bonds. The standard InChI is InChI=1S/C23H29N3O2S/c1-8-25-21(27)20(14-17-13-15(2)26(16(17)3)23(4,5)6)29-22(25)24-18-9-11-19(28-7)12-10-18/h9-14H,8H2,1-7H3/b20-14+,24-22?. The topological polar surface area (TPSA) is 46.8 Å². The van der Waals surface area contributed by atoms with Crippen LogP contribution >= 0.6 is 11.8 Å². The molecule has 0 unspecified atom stereocenters. The summed E-state index contributed by atoms with van der Waals surface area (Å²) in [6, 6.07) is 9.67. The zero-order chi connectivity index (χ0) is 21.3. The van der Waals surface area contributed by atoms with Crippen molar-refractivity contribution in [1.82, 2.24) is 9.47 Å². The normalized spacial score (nSPS) is 17.6. The fourth-order valence-electron chi connectivity index (χ4n) is 3.74. The molecule has 5 nitrogen and oxygen atoms in total. The van der Waals surface area contributed by atoms with E-state index in [1.165, 1.54) is 23.1 Å². The van der Waals surface area contributed by atoms with Crippen molar-refractivity contribution in [3.63, 3.8) is 0 Å². The maximum Gasteiger partial charge on any atom is 0.266 e. The molecule has 1 aromatic heterocycles. The van der Waals surface area contributed by atoms with E-state index < -0.39 is 0 Å². The Morgan fingerprint density at radius 2 is 1.83 bits per heavy atom. The lowest BCUT2D eigenvalue weighted by Crippen LogP contribution is -2.28. The number of methoxy groups -OCH3 is 1. The van der Waals surface area contributed by atoms with Crippen LogP contribution < -0.4 is 4.74 Å².